The molecule has 1 aromatic rings. The van der Waals surface area contributed by atoms with Gasteiger partial charge in [0.05, 0.1) is 0 Å². The van der Waals surface area contributed by atoms with Crippen LogP contribution in [-0.2, 0) is 4.79 Å². The van der Waals surface area contributed by atoms with Gasteiger partial charge in [-0.05, 0) is 49.7 Å². The summed E-state index contributed by atoms with van der Waals surface area (Å²) in [5.74, 6) is 1.02. The van der Waals surface area contributed by atoms with Gasteiger partial charge in [0.1, 0.15) is 5.54 Å². The van der Waals surface area contributed by atoms with Crippen LogP contribution in [0.15, 0.2) is 24.3 Å². The van der Waals surface area contributed by atoms with E-state index in [9.17, 15) is 4.79 Å². The summed E-state index contributed by atoms with van der Waals surface area (Å²) in [6.45, 7) is 8.66. The van der Waals surface area contributed by atoms with Crippen molar-refractivity contribution in [3.8, 4) is 0 Å². The van der Waals surface area contributed by atoms with Crippen LogP contribution in [0.1, 0.15) is 45.6 Å². The summed E-state index contributed by atoms with van der Waals surface area (Å²) in [5.41, 5.74) is 7.44. The average molecular weight is 288 g/mol. The number of rotatable bonds is 4. The molecular weight excluding hydrogens is 260 g/mol. The van der Waals surface area contributed by atoms with Crippen molar-refractivity contribution in [2.75, 3.05) is 5.32 Å². The van der Waals surface area contributed by atoms with Gasteiger partial charge >= 0.3 is 0 Å². The van der Waals surface area contributed by atoms with Crippen LogP contribution in [0.25, 0.3) is 0 Å². The predicted molar refractivity (Wildman–Crippen MR) is 88.1 cm³/mol. The van der Waals surface area contributed by atoms with Crippen molar-refractivity contribution in [2.24, 2.45) is 23.5 Å². The number of anilines is 1. The molecule has 0 aromatic heterocycles. The smallest absolute Gasteiger partial charge is 0.243 e. The molecule has 1 aliphatic carbocycles. The van der Waals surface area contributed by atoms with Gasteiger partial charge in [0, 0.05) is 5.69 Å². The van der Waals surface area contributed by atoms with Crippen LogP contribution in [0, 0.1) is 24.7 Å². The summed E-state index contributed by atoms with van der Waals surface area (Å²) in [6, 6.07) is 8.20. The lowest BCUT2D eigenvalue weighted by Crippen LogP contribution is -2.60. The van der Waals surface area contributed by atoms with E-state index in [2.05, 4.69) is 45.1 Å². The fourth-order valence-corrected chi connectivity index (χ4v) is 3.80. The zero-order valence-electron chi connectivity index (χ0n) is 13.6. The number of benzene rings is 1. The Morgan fingerprint density at radius 2 is 1.90 bits per heavy atom. The van der Waals surface area contributed by atoms with E-state index in [0.29, 0.717) is 11.8 Å². The topological polar surface area (TPSA) is 55.1 Å². The lowest BCUT2D eigenvalue weighted by atomic mass is 9.64. The molecule has 116 valence electrons. The molecule has 0 aliphatic heterocycles. The van der Waals surface area contributed by atoms with E-state index in [4.69, 9.17) is 5.73 Å². The van der Waals surface area contributed by atoms with Crippen molar-refractivity contribution in [1.82, 2.24) is 0 Å². The van der Waals surface area contributed by atoms with Gasteiger partial charge in [0.15, 0.2) is 0 Å². The quantitative estimate of drug-likeness (QED) is 0.887. The van der Waals surface area contributed by atoms with Crippen LogP contribution in [0.5, 0.6) is 0 Å². The first-order chi connectivity index (χ1) is 9.85. The third kappa shape index (κ3) is 3.22. The van der Waals surface area contributed by atoms with Gasteiger partial charge in [0.2, 0.25) is 5.91 Å². The summed E-state index contributed by atoms with van der Waals surface area (Å²) in [7, 11) is 0. The summed E-state index contributed by atoms with van der Waals surface area (Å²) >= 11 is 0. The van der Waals surface area contributed by atoms with Crippen molar-refractivity contribution < 1.29 is 4.79 Å². The van der Waals surface area contributed by atoms with Gasteiger partial charge in [-0.1, -0.05) is 44.9 Å². The highest BCUT2D eigenvalue weighted by Crippen LogP contribution is 2.43. The van der Waals surface area contributed by atoms with E-state index in [0.717, 1.165) is 18.5 Å². The average Bonchev–Trinajstić information content (AvgIpc) is 2.41. The molecule has 1 fully saturated rings. The van der Waals surface area contributed by atoms with Gasteiger partial charge < -0.3 is 11.1 Å². The van der Waals surface area contributed by atoms with Gasteiger partial charge in [-0.2, -0.15) is 0 Å². The van der Waals surface area contributed by atoms with Gasteiger partial charge in [0.25, 0.3) is 0 Å². The molecule has 3 nitrogen and oxygen atoms in total. The maximum Gasteiger partial charge on any atom is 0.243 e. The number of carbonyl (C=O) groups excluding carboxylic acids is 1. The molecule has 3 atom stereocenters. The number of amides is 1. The van der Waals surface area contributed by atoms with E-state index in [1.54, 1.807) is 0 Å². The Labute approximate surface area is 128 Å². The number of nitrogens with two attached hydrogens (primary N) is 1. The molecule has 2 rings (SSSR count). The molecule has 1 aliphatic rings. The van der Waals surface area contributed by atoms with E-state index < -0.39 is 5.54 Å². The molecule has 0 saturated heterocycles. The molecule has 1 saturated carbocycles. The molecule has 1 aromatic carbocycles. The van der Waals surface area contributed by atoms with Crippen molar-refractivity contribution in [2.45, 2.75) is 52.5 Å². The molecule has 3 heteroatoms. The number of hydrogen-bond donors (Lipinski definition) is 2. The fraction of sp³-hybridized carbons (Fsp3) is 0.611. The van der Waals surface area contributed by atoms with Crippen LogP contribution in [-0.4, -0.2) is 11.4 Å². The maximum absolute atomic E-state index is 12.4. The normalized spacial score (nSPS) is 29.4. The van der Waals surface area contributed by atoms with E-state index in [1.165, 1.54) is 12.0 Å². The summed E-state index contributed by atoms with van der Waals surface area (Å²) in [6.07, 6.45) is 3.05. The minimum Gasteiger partial charge on any atom is -0.371 e. The second-order valence-corrected chi connectivity index (χ2v) is 7.06. The third-order valence-electron chi connectivity index (χ3n) is 4.94. The fourth-order valence-electron chi connectivity index (χ4n) is 3.80. The number of carbonyl (C=O) groups is 1. The molecule has 0 radical (unpaired) electrons. The Hall–Kier alpha value is -1.51. The van der Waals surface area contributed by atoms with Crippen LogP contribution >= 0.6 is 0 Å². The second-order valence-electron chi connectivity index (χ2n) is 7.06. The molecule has 0 spiro atoms. The molecule has 0 bridgehead atoms. The minimum atomic E-state index is -0.624. The largest absolute Gasteiger partial charge is 0.371 e. The Balaban J connectivity index is 2.36. The second kappa shape index (κ2) is 6.08. The first kappa shape index (κ1) is 15.9. The third-order valence-corrected chi connectivity index (χ3v) is 4.94. The lowest BCUT2D eigenvalue weighted by molar-refractivity contribution is -0.126. The number of primary amides is 1. The van der Waals surface area contributed by atoms with Crippen LogP contribution < -0.4 is 11.1 Å². The van der Waals surface area contributed by atoms with E-state index >= 15 is 0 Å². The maximum atomic E-state index is 12.4. The lowest BCUT2D eigenvalue weighted by Gasteiger charge is -2.47. The zero-order valence-corrected chi connectivity index (χ0v) is 13.6. The summed E-state index contributed by atoms with van der Waals surface area (Å²) < 4.78 is 0. The Bertz CT molecular complexity index is 494. The monoisotopic (exact) mass is 288 g/mol. The molecule has 21 heavy (non-hydrogen) atoms. The van der Waals surface area contributed by atoms with E-state index in [1.807, 2.05) is 12.1 Å². The summed E-state index contributed by atoms with van der Waals surface area (Å²) in [5, 5.41) is 3.51. The Kier molecular flexibility index (Phi) is 4.60. The van der Waals surface area contributed by atoms with Crippen molar-refractivity contribution in [1.29, 1.82) is 0 Å². The Morgan fingerprint density at radius 3 is 2.43 bits per heavy atom. The predicted octanol–water partition coefficient (Wildman–Crippen LogP) is 3.72. The highest BCUT2D eigenvalue weighted by Gasteiger charge is 2.48. The SMILES string of the molecule is Cc1ccc(NC2(C(N)=O)CC(C)CCC2C(C)C)cc1. The molecular formula is C18H28N2O. The van der Waals surface area contributed by atoms with Gasteiger partial charge in [-0.15, -0.1) is 0 Å². The van der Waals surface area contributed by atoms with Crippen LogP contribution in [0.3, 0.4) is 0 Å². The molecule has 1 amide bonds. The van der Waals surface area contributed by atoms with Gasteiger partial charge in [-0.25, -0.2) is 0 Å². The van der Waals surface area contributed by atoms with Gasteiger partial charge in [-0.3, -0.25) is 4.79 Å². The minimum absolute atomic E-state index is 0.215. The highest BCUT2D eigenvalue weighted by atomic mass is 16.1. The summed E-state index contributed by atoms with van der Waals surface area (Å²) in [4.78, 5) is 12.4. The molecule has 3 N–H and O–H groups in total. The first-order valence-corrected chi connectivity index (χ1v) is 8.00. The molecule has 0 heterocycles. The van der Waals surface area contributed by atoms with Crippen molar-refractivity contribution >= 4 is 11.6 Å². The zero-order chi connectivity index (χ0) is 15.6. The Morgan fingerprint density at radius 1 is 1.29 bits per heavy atom. The van der Waals surface area contributed by atoms with Crippen molar-refractivity contribution in [3.05, 3.63) is 29.8 Å². The number of nitrogens with one attached hydrogen (secondary N) is 1. The first-order valence-electron chi connectivity index (χ1n) is 8.00. The van der Waals surface area contributed by atoms with E-state index in [-0.39, 0.29) is 11.8 Å². The number of aryl methyl sites for hydroxylation is 1. The van der Waals surface area contributed by atoms with Crippen molar-refractivity contribution in [3.63, 3.8) is 0 Å². The van der Waals surface area contributed by atoms with Crippen LogP contribution in [0.2, 0.25) is 0 Å². The molecule has 3 unspecified atom stereocenters. The van der Waals surface area contributed by atoms with Crippen LogP contribution in [0.4, 0.5) is 5.69 Å². The number of hydrogen-bond acceptors (Lipinski definition) is 2. The standard InChI is InChI=1S/C18H28N2O/c1-12(2)16-10-7-14(4)11-18(16,17(19)21)20-15-8-5-13(3)6-9-15/h5-6,8-9,12,14,16,20H,7,10-11H2,1-4H3,(H2,19,21). The highest BCUT2D eigenvalue weighted by molar-refractivity contribution is 5.88.